The molecular weight excluding hydrogens is 201 g/mol. The maximum atomic E-state index is 13.9. The molecule has 2 rings (SSSR count). The van der Waals surface area contributed by atoms with Crippen LogP contribution in [0.3, 0.4) is 0 Å². The average molecular weight is 223 g/mol. The summed E-state index contributed by atoms with van der Waals surface area (Å²) in [7, 11) is 0. The predicted molar refractivity (Wildman–Crippen MR) is 65.9 cm³/mol. The van der Waals surface area contributed by atoms with E-state index < -0.39 is 0 Å². The Kier molecular flexibility index (Phi) is 3.80. The van der Waals surface area contributed by atoms with Crippen LogP contribution in [0, 0.1) is 11.8 Å². The zero-order valence-corrected chi connectivity index (χ0v) is 10.4. The maximum absolute atomic E-state index is 13.9. The van der Waals surface area contributed by atoms with E-state index in [1.165, 1.54) is 18.4 Å². The summed E-state index contributed by atoms with van der Waals surface area (Å²) in [6.07, 6.45) is 6.19. The molecule has 1 heterocycles. The van der Waals surface area contributed by atoms with Gasteiger partial charge in [0.05, 0.1) is 0 Å². The standard InChI is InChI=1S/C14H22FN/c1-10(2)13-4-3-12(9-14(13)15)11-5-7-16-8-6-11/h9-11,16H,3-8H2,1-2H3. The van der Waals surface area contributed by atoms with Crippen molar-refractivity contribution in [2.24, 2.45) is 11.8 Å². The van der Waals surface area contributed by atoms with E-state index in [0.29, 0.717) is 11.8 Å². The van der Waals surface area contributed by atoms with Gasteiger partial charge in [-0.05, 0) is 62.3 Å². The number of halogens is 1. The van der Waals surface area contributed by atoms with Crippen molar-refractivity contribution >= 4 is 0 Å². The first-order valence-electron chi connectivity index (χ1n) is 6.48. The van der Waals surface area contributed by atoms with Crippen molar-refractivity contribution in [3.05, 3.63) is 23.0 Å². The Balaban J connectivity index is 2.10. The van der Waals surface area contributed by atoms with Crippen molar-refractivity contribution in [2.45, 2.75) is 39.5 Å². The zero-order valence-electron chi connectivity index (χ0n) is 10.4. The van der Waals surface area contributed by atoms with E-state index >= 15 is 0 Å². The Morgan fingerprint density at radius 3 is 2.50 bits per heavy atom. The minimum absolute atomic E-state index is 0.0507. The van der Waals surface area contributed by atoms with Gasteiger partial charge < -0.3 is 5.32 Å². The summed E-state index contributed by atoms with van der Waals surface area (Å²) in [6, 6.07) is 0. The van der Waals surface area contributed by atoms with Crippen LogP contribution < -0.4 is 5.32 Å². The Morgan fingerprint density at radius 1 is 1.25 bits per heavy atom. The maximum Gasteiger partial charge on any atom is 0.122 e. The number of hydrogen-bond donors (Lipinski definition) is 1. The van der Waals surface area contributed by atoms with Crippen molar-refractivity contribution in [3.63, 3.8) is 0 Å². The molecule has 0 aromatic heterocycles. The van der Waals surface area contributed by atoms with E-state index in [9.17, 15) is 4.39 Å². The molecule has 0 aromatic rings. The summed E-state index contributed by atoms with van der Waals surface area (Å²) in [6.45, 7) is 6.34. The van der Waals surface area contributed by atoms with Crippen LogP contribution >= 0.6 is 0 Å². The molecular formula is C14H22FN. The molecule has 1 aliphatic carbocycles. The lowest BCUT2D eigenvalue weighted by atomic mass is 9.81. The van der Waals surface area contributed by atoms with Crippen molar-refractivity contribution < 1.29 is 4.39 Å². The lowest BCUT2D eigenvalue weighted by Crippen LogP contribution is -2.29. The highest BCUT2D eigenvalue weighted by Crippen LogP contribution is 2.35. The number of piperidine rings is 1. The fourth-order valence-corrected chi connectivity index (χ4v) is 2.81. The van der Waals surface area contributed by atoms with Gasteiger partial charge in [-0.1, -0.05) is 19.4 Å². The minimum Gasteiger partial charge on any atom is -0.317 e. The van der Waals surface area contributed by atoms with Crippen LogP contribution in [0.5, 0.6) is 0 Å². The molecule has 2 heteroatoms. The van der Waals surface area contributed by atoms with Crippen LogP contribution in [0.15, 0.2) is 23.0 Å². The third-order valence-electron chi connectivity index (χ3n) is 3.86. The molecule has 0 spiro atoms. The molecule has 0 saturated carbocycles. The number of hydrogen-bond acceptors (Lipinski definition) is 1. The molecule has 1 saturated heterocycles. The van der Waals surface area contributed by atoms with E-state index in [2.05, 4.69) is 19.2 Å². The first kappa shape index (κ1) is 11.8. The minimum atomic E-state index is 0.0507. The molecule has 0 bridgehead atoms. The van der Waals surface area contributed by atoms with Crippen LogP contribution in [-0.2, 0) is 0 Å². The summed E-state index contributed by atoms with van der Waals surface area (Å²) in [5, 5.41) is 3.36. The van der Waals surface area contributed by atoms with Gasteiger partial charge in [0, 0.05) is 0 Å². The highest BCUT2D eigenvalue weighted by molar-refractivity contribution is 5.31. The molecule has 1 fully saturated rings. The van der Waals surface area contributed by atoms with Crippen LogP contribution in [0.1, 0.15) is 39.5 Å². The normalized spacial score (nSPS) is 23.9. The summed E-state index contributed by atoms with van der Waals surface area (Å²) in [4.78, 5) is 0. The quantitative estimate of drug-likeness (QED) is 0.754. The Morgan fingerprint density at radius 2 is 1.94 bits per heavy atom. The van der Waals surface area contributed by atoms with E-state index in [0.717, 1.165) is 31.5 Å². The number of nitrogens with one attached hydrogen (secondary N) is 1. The monoisotopic (exact) mass is 223 g/mol. The Labute approximate surface area is 97.8 Å². The smallest absolute Gasteiger partial charge is 0.122 e. The first-order valence-corrected chi connectivity index (χ1v) is 6.48. The van der Waals surface area contributed by atoms with Crippen LogP contribution in [0.25, 0.3) is 0 Å². The van der Waals surface area contributed by atoms with Gasteiger partial charge in [0.2, 0.25) is 0 Å². The second kappa shape index (κ2) is 5.13. The summed E-state index contributed by atoms with van der Waals surface area (Å²) in [5.41, 5.74) is 2.36. The number of rotatable bonds is 2. The fourth-order valence-electron chi connectivity index (χ4n) is 2.81. The molecule has 1 nitrogen and oxygen atoms in total. The molecule has 16 heavy (non-hydrogen) atoms. The molecule has 0 radical (unpaired) electrons. The lowest BCUT2D eigenvalue weighted by Gasteiger charge is -2.28. The van der Waals surface area contributed by atoms with Gasteiger partial charge in [-0.25, -0.2) is 4.39 Å². The summed E-state index contributed by atoms with van der Waals surface area (Å²) < 4.78 is 13.9. The first-order chi connectivity index (χ1) is 7.68. The van der Waals surface area contributed by atoms with Crippen LogP contribution in [-0.4, -0.2) is 13.1 Å². The summed E-state index contributed by atoms with van der Waals surface area (Å²) >= 11 is 0. The third-order valence-corrected chi connectivity index (χ3v) is 3.86. The highest BCUT2D eigenvalue weighted by atomic mass is 19.1. The molecule has 0 atom stereocenters. The van der Waals surface area contributed by atoms with Crippen LogP contribution in [0.4, 0.5) is 4.39 Å². The molecule has 0 amide bonds. The van der Waals surface area contributed by atoms with E-state index in [4.69, 9.17) is 0 Å². The van der Waals surface area contributed by atoms with E-state index in [1.807, 2.05) is 6.08 Å². The number of allylic oxidation sites excluding steroid dienone is 4. The van der Waals surface area contributed by atoms with Gasteiger partial charge in [0.1, 0.15) is 5.83 Å². The average Bonchev–Trinajstić information content (AvgIpc) is 2.29. The van der Waals surface area contributed by atoms with Gasteiger partial charge >= 0.3 is 0 Å². The van der Waals surface area contributed by atoms with Gasteiger partial charge in [-0.2, -0.15) is 0 Å². The lowest BCUT2D eigenvalue weighted by molar-refractivity contribution is 0.405. The fraction of sp³-hybridized carbons (Fsp3) is 0.714. The van der Waals surface area contributed by atoms with Crippen LogP contribution in [0.2, 0.25) is 0 Å². The topological polar surface area (TPSA) is 12.0 Å². The second-order valence-corrected chi connectivity index (χ2v) is 5.27. The van der Waals surface area contributed by atoms with Gasteiger partial charge in [0.15, 0.2) is 0 Å². The van der Waals surface area contributed by atoms with Gasteiger partial charge in [0.25, 0.3) is 0 Å². The van der Waals surface area contributed by atoms with Gasteiger partial charge in [-0.15, -0.1) is 0 Å². The van der Waals surface area contributed by atoms with E-state index in [-0.39, 0.29) is 5.83 Å². The molecule has 1 aliphatic heterocycles. The van der Waals surface area contributed by atoms with E-state index in [1.54, 1.807) is 0 Å². The molecule has 0 aromatic carbocycles. The Bertz CT molecular complexity index is 309. The van der Waals surface area contributed by atoms with Crippen molar-refractivity contribution in [2.75, 3.05) is 13.1 Å². The largest absolute Gasteiger partial charge is 0.317 e. The van der Waals surface area contributed by atoms with Crippen molar-refractivity contribution in [3.8, 4) is 0 Å². The zero-order chi connectivity index (χ0) is 11.5. The summed E-state index contributed by atoms with van der Waals surface area (Å²) in [5.74, 6) is 1.03. The molecule has 1 N–H and O–H groups in total. The van der Waals surface area contributed by atoms with Gasteiger partial charge in [-0.3, -0.25) is 0 Å². The molecule has 0 unspecified atom stereocenters. The Hall–Kier alpha value is -0.630. The SMILES string of the molecule is CC(C)C1=C(F)C=C(C2CCNCC2)CC1. The highest BCUT2D eigenvalue weighted by Gasteiger charge is 2.22. The third kappa shape index (κ3) is 2.54. The predicted octanol–water partition coefficient (Wildman–Crippen LogP) is 3.59. The van der Waals surface area contributed by atoms with Crippen molar-refractivity contribution in [1.82, 2.24) is 5.32 Å². The molecule has 2 aliphatic rings. The second-order valence-electron chi connectivity index (χ2n) is 5.27. The van der Waals surface area contributed by atoms with Crippen molar-refractivity contribution in [1.29, 1.82) is 0 Å². The molecule has 90 valence electrons.